The molecule has 2 amide bonds. The predicted molar refractivity (Wildman–Crippen MR) is 112 cm³/mol. The van der Waals surface area contributed by atoms with Crippen LogP contribution < -0.4 is 25.3 Å². The Hall–Kier alpha value is -3.46. The van der Waals surface area contributed by atoms with Crippen LogP contribution in [0.3, 0.4) is 0 Å². The number of primary amides is 1. The van der Waals surface area contributed by atoms with Crippen molar-refractivity contribution in [1.82, 2.24) is 5.32 Å². The molecule has 3 rings (SSSR count). The molecule has 0 atom stereocenters. The highest BCUT2D eigenvalue weighted by Gasteiger charge is 2.23. The Morgan fingerprint density at radius 3 is 2.72 bits per heavy atom. The highest BCUT2D eigenvalue weighted by Crippen LogP contribution is 2.33. The van der Waals surface area contributed by atoms with Gasteiger partial charge in [-0.25, -0.2) is 4.99 Å². The predicted octanol–water partition coefficient (Wildman–Crippen LogP) is 3.10. The van der Waals surface area contributed by atoms with E-state index in [1.165, 1.54) is 7.11 Å². The number of aliphatic imine (C=N–C) groups is 1. The van der Waals surface area contributed by atoms with Crippen molar-refractivity contribution in [1.29, 1.82) is 0 Å². The van der Waals surface area contributed by atoms with Crippen LogP contribution in [-0.4, -0.2) is 37.8 Å². The van der Waals surface area contributed by atoms with E-state index in [0.717, 1.165) is 17.3 Å². The van der Waals surface area contributed by atoms with Gasteiger partial charge in [0.2, 0.25) is 0 Å². The van der Waals surface area contributed by atoms with Crippen molar-refractivity contribution in [2.24, 2.45) is 10.7 Å². The van der Waals surface area contributed by atoms with Crippen molar-refractivity contribution < 1.29 is 23.8 Å². The van der Waals surface area contributed by atoms with Gasteiger partial charge in [-0.15, -0.1) is 0 Å². The summed E-state index contributed by atoms with van der Waals surface area (Å²) < 4.78 is 15.8. The van der Waals surface area contributed by atoms with Crippen molar-refractivity contribution in [2.75, 3.05) is 20.8 Å². The fourth-order valence-corrected chi connectivity index (χ4v) is 3.25. The number of methoxy groups -OCH3 is 2. The maximum absolute atomic E-state index is 11.9. The van der Waals surface area contributed by atoms with Crippen molar-refractivity contribution in [3.8, 4) is 17.2 Å². The number of benzene rings is 2. The Morgan fingerprint density at radius 1 is 1.17 bits per heavy atom. The van der Waals surface area contributed by atoms with Gasteiger partial charge >= 0.3 is 0 Å². The van der Waals surface area contributed by atoms with Gasteiger partial charge in [0.1, 0.15) is 11.6 Å². The van der Waals surface area contributed by atoms with Gasteiger partial charge in [-0.2, -0.15) is 0 Å². The van der Waals surface area contributed by atoms with E-state index in [9.17, 15) is 9.59 Å². The van der Waals surface area contributed by atoms with Gasteiger partial charge in [0.15, 0.2) is 18.1 Å². The second-order valence-electron chi connectivity index (χ2n) is 5.85. The molecule has 0 radical (unpaired) electrons. The zero-order valence-corrected chi connectivity index (χ0v) is 16.6. The monoisotopic (exact) mass is 413 g/mol. The first-order valence-corrected chi connectivity index (χ1v) is 9.33. The lowest BCUT2D eigenvalue weighted by molar-refractivity contribution is -0.119. The molecule has 1 saturated heterocycles. The van der Waals surface area contributed by atoms with Crippen molar-refractivity contribution in [3.05, 3.63) is 52.9 Å². The lowest BCUT2D eigenvalue weighted by atomic mass is 10.2. The molecule has 1 aliphatic rings. The minimum absolute atomic E-state index is 0.225. The van der Waals surface area contributed by atoms with Crippen molar-refractivity contribution in [3.63, 3.8) is 0 Å². The molecular weight excluding hydrogens is 394 g/mol. The lowest BCUT2D eigenvalue weighted by Crippen LogP contribution is -2.20. The van der Waals surface area contributed by atoms with Gasteiger partial charge in [0.25, 0.3) is 11.1 Å². The van der Waals surface area contributed by atoms with Crippen LogP contribution in [0.4, 0.5) is 10.5 Å². The standard InChI is InChI=1S/C20H19N3O5S/c1-26-14-5-3-4-13(10-14)22-19-17(29-20(25)23-19)9-12-6-7-15(27-2)16(8-12)28-11-18(21)24/h3-10H,11H2,1-2H3,(H2,21,24)(H,22,23,25). The molecule has 0 unspecified atom stereocenters. The van der Waals surface area contributed by atoms with Crippen LogP contribution in [0.15, 0.2) is 52.4 Å². The first-order chi connectivity index (χ1) is 14.0. The maximum Gasteiger partial charge on any atom is 0.289 e. The quantitative estimate of drug-likeness (QED) is 0.721. The second kappa shape index (κ2) is 9.16. The average molecular weight is 413 g/mol. The zero-order valence-electron chi connectivity index (χ0n) is 15.8. The molecule has 29 heavy (non-hydrogen) atoms. The summed E-state index contributed by atoms with van der Waals surface area (Å²) in [6.45, 7) is -0.270. The summed E-state index contributed by atoms with van der Waals surface area (Å²) in [4.78, 5) is 28.1. The van der Waals surface area contributed by atoms with Crippen LogP contribution in [0.25, 0.3) is 6.08 Å². The molecule has 150 valence electrons. The molecule has 1 fully saturated rings. The highest BCUT2D eigenvalue weighted by atomic mass is 32.2. The van der Waals surface area contributed by atoms with Crippen LogP contribution in [-0.2, 0) is 4.79 Å². The van der Waals surface area contributed by atoms with E-state index < -0.39 is 5.91 Å². The first kappa shape index (κ1) is 20.3. The van der Waals surface area contributed by atoms with Crippen LogP contribution in [0.5, 0.6) is 17.2 Å². The molecule has 0 aliphatic carbocycles. The molecular formula is C20H19N3O5S. The number of ether oxygens (including phenoxy) is 3. The second-order valence-corrected chi connectivity index (χ2v) is 6.87. The van der Waals surface area contributed by atoms with Gasteiger partial charge in [0, 0.05) is 6.07 Å². The summed E-state index contributed by atoms with van der Waals surface area (Å²) >= 11 is 1.03. The molecule has 0 aromatic heterocycles. The number of hydrogen-bond acceptors (Lipinski definition) is 7. The van der Waals surface area contributed by atoms with E-state index in [0.29, 0.717) is 33.7 Å². The van der Waals surface area contributed by atoms with Gasteiger partial charge < -0.3 is 25.3 Å². The first-order valence-electron chi connectivity index (χ1n) is 8.51. The van der Waals surface area contributed by atoms with Crippen LogP contribution in [0, 0.1) is 0 Å². The number of nitrogens with one attached hydrogen (secondary N) is 1. The molecule has 9 heteroatoms. The Balaban J connectivity index is 1.92. The summed E-state index contributed by atoms with van der Waals surface area (Å²) in [5.74, 6) is 1.34. The third-order valence-corrected chi connectivity index (χ3v) is 4.62. The van der Waals surface area contributed by atoms with E-state index in [1.54, 1.807) is 37.5 Å². The normalized spacial score (nSPS) is 16.0. The number of nitrogens with two attached hydrogens (primary N) is 1. The van der Waals surface area contributed by atoms with Gasteiger partial charge in [-0.05, 0) is 47.7 Å². The minimum atomic E-state index is -0.593. The van der Waals surface area contributed by atoms with Gasteiger partial charge in [-0.1, -0.05) is 12.1 Å². The van der Waals surface area contributed by atoms with Gasteiger partial charge in [0.05, 0.1) is 24.8 Å². The lowest BCUT2D eigenvalue weighted by Gasteiger charge is -2.10. The zero-order chi connectivity index (χ0) is 20.8. The number of nitrogens with zero attached hydrogens (tertiary/aromatic N) is 1. The molecule has 0 spiro atoms. The van der Waals surface area contributed by atoms with E-state index in [4.69, 9.17) is 19.9 Å². The fourth-order valence-electron chi connectivity index (χ4n) is 2.52. The average Bonchev–Trinajstić information content (AvgIpc) is 3.05. The SMILES string of the molecule is COc1cccc(N=C2NC(=O)SC2=Cc2ccc(OC)c(OCC(N)=O)c2)c1. The smallest absolute Gasteiger partial charge is 0.289 e. The molecule has 8 nitrogen and oxygen atoms in total. The Kier molecular flexibility index (Phi) is 6.40. The van der Waals surface area contributed by atoms with Crippen LogP contribution in [0.2, 0.25) is 0 Å². The molecule has 0 bridgehead atoms. The molecule has 2 aromatic carbocycles. The topological polar surface area (TPSA) is 112 Å². The third kappa shape index (κ3) is 5.29. The molecule has 1 heterocycles. The molecule has 0 saturated carbocycles. The summed E-state index contributed by atoms with van der Waals surface area (Å²) in [6, 6.07) is 12.4. The Bertz CT molecular complexity index is 1000. The number of hydrogen-bond donors (Lipinski definition) is 2. The minimum Gasteiger partial charge on any atom is -0.497 e. The molecule has 1 aliphatic heterocycles. The molecule has 3 N–H and O–H groups in total. The van der Waals surface area contributed by atoms with E-state index in [1.807, 2.05) is 18.2 Å². The van der Waals surface area contributed by atoms with E-state index in [2.05, 4.69) is 10.3 Å². The maximum atomic E-state index is 11.9. The number of amides is 2. The van der Waals surface area contributed by atoms with Crippen molar-refractivity contribution >= 4 is 40.5 Å². The largest absolute Gasteiger partial charge is 0.497 e. The number of carbonyl (C=O) groups excluding carboxylic acids is 2. The highest BCUT2D eigenvalue weighted by molar-refractivity contribution is 8.18. The van der Waals surface area contributed by atoms with Gasteiger partial charge in [-0.3, -0.25) is 9.59 Å². The molecule has 2 aromatic rings. The number of rotatable bonds is 7. The summed E-state index contributed by atoms with van der Waals surface area (Å²) in [5, 5.41) is 2.51. The Morgan fingerprint density at radius 2 is 2.00 bits per heavy atom. The van der Waals surface area contributed by atoms with Crippen LogP contribution >= 0.6 is 11.8 Å². The number of thioether (sulfide) groups is 1. The number of carbonyl (C=O) groups is 2. The van der Waals surface area contributed by atoms with E-state index >= 15 is 0 Å². The fraction of sp³-hybridized carbons (Fsp3) is 0.150. The summed E-state index contributed by atoms with van der Waals surface area (Å²) in [7, 11) is 3.07. The summed E-state index contributed by atoms with van der Waals surface area (Å²) in [5.41, 5.74) is 6.52. The number of amidine groups is 1. The van der Waals surface area contributed by atoms with E-state index in [-0.39, 0.29) is 11.8 Å². The third-order valence-electron chi connectivity index (χ3n) is 3.81. The van der Waals surface area contributed by atoms with Crippen molar-refractivity contribution in [2.45, 2.75) is 0 Å². The van der Waals surface area contributed by atoms with Crippen LogP contribution in [0.1, 0.15) is 5.56 Å². The summed E-state index contributed by atoms with van der Waals surface area (Å²) in [6.07, 6.45) is 1.79. The Labute approximate surface area is 171 Å².